The number of hydrogen-bond acceptors (Lipinski definition) is 5. The molecule has 1 fully saturated rings. The molecule has 1 heterocycles. The van der Waals surface area contributed by atoms with E-state index in [0.717, 1.165) is 31.2 Å². The van der Waals surface area contributed by atoms with E-state index in [0.29, 0.717) is 18.0 Å². The zero-order valence-corrected chi connectivity index (χ0v) is 13.0. The Balaban J connectivity index is 1.83. The number of hydrogen-bond donors (Lipinski definition) is 1. The van der Waals surface area contributed by atoms with Crippen molar-refractivity contribution in [2.24, 2.45) is 5.92 Å². The molecule has 0 atom stereocenters. The number of fused-ring (bicyclic) bond motifs is 1. The molecule has 1 saturated carbocycles. The highest BCUT2D eigenvalue weighted by Gasteiger charge is 2.36. The SMILES string of the molecule is COc1cc2c(cc1[N+](=O)[O-])C(=O)N(C1CCC(CO)CC1)C2. The summed E-state index contributed by atoms with van der Waals surface area (Å²) in [6, 6.07) is 3.07. The lowest BCUT2D eigenvalue weighted by Gasteiger charge is -2.33. The van der Waals surface area contributed by atoms with Gasteiger partial charge in [0.25, 0.3) is 5.91 Å². The maximum absolute atomic E-state index is 12.6. The first kappa shape index (κ1) is 15.7. The van der Waals surface area contributed by atoms with Crippen LogP contribution in [0.3, 0.4) is 0 Å². The maximum Gasteiger partial charge on any atom is 0.311 e. The Hall–Kier alpha value is -2.15. The molecular weight excluding hydrogens is 300 g/mol. The van der Waals surface area contributed by atoms with Gasteiger partial charge in [-0.1, -0.05) is 0 Å². The largest absolute Gasteiger partial charge is 0.490 e. The van der Waals surface area contributed by atoms with Crippen molar-refractivity contribution in [3.05, 3.63) is 33.4 Å². The van der Waals surface area contributed by atoms with E-state index < -0.39 is 4.92 Å². The van der Waals surface area contributed by atoms with E-state index >= 15 is 0 Å². The number of benzene rings is 1. The number of methoxy groups -OCH3 is 1. The predicted molar refractivity (Wildman–Crippen MR) is 82.4 cm³/mol. The molecule has 3 rings (SSSR count). The number of carbonyl (C=O) groups is 1. The zero-order chi connectivity index (χ0) is 16.6. The quantitative estimate of drug-likeness (QED) is 0.677. The fourth-order valence-corrected chi connectivity index (χ4v) is 3.59. The average molecular weight is 320 g/mol. The molecule has 0 spiro atoms. The van der Waals surface area contributed by atoms with Crippen LogP contribution in [0.1, 0.15) is 41.6 Å². The number of aliphatic hydroxyl groups excluding tert-OH is 1. The fraction of sp³-hybridized carbons (Fsp3) is 0.562. The summed E-state index contributed by atoms with van der Waals surface area (Å²) in [4.78, 5) is 25.0. The summed E-state index contributed by atoms with van der Waals surface area (Å²) in [7, 11) is 1.39. The summed E-state index contributed by atoms with van der Waals surface area (Å²) in [6.45, 7) is 0.668. The number of nitro benzene ring substituents is 1. The van der Waals surface area contributed by atoms with Crippen LogP contribution < -0.4 is 4.74 Å². The van der Waals surface area contributed by atoms with Gasteiger partial charge in [0.15, 0.2) is 5.75 Å². The number of nitrogens with zero attached hydrogens (tertiary/aromatic N) is 2. The number of rotatable bonds is 4. The van der Waals surface area contributed by atoms with Gasteiger partial charge in [-0.25, -0.2) is 0 Å². The van der Waals surface area contributed by atoms with Crippen molar-refractivity contribution in [2.45, 2.75) is 38.3 Å². The molecule has 1 amide bonds. The normalized spacial score (nSPS) is 23.7. The van der Waals surface area contributed by atoms with Crippen molar-refractivity contribution < 1.29 is 19.6 Å². The molecule has 1 aliphatic carbocycles. The first-order valence-corrected chi connectivity index (χ1v) is 7.82. The zero-order valence-electron chi connectivity index (χ0n) is 13.0. The smallest absolute Gasteiger partial charge is 0.311 e. The monoisotopic (exact) mass is 320 g/mol. The first-order valence-electron chi connectivity index (χ1n) is 7.82. The predicted octanol–water partition coefficient (Wildman–Crippen LogP) is 2.11. The number of nitro groups is 1. The van der Waals surface area contributed by atoms with Crippen molar-refractivity contribution in [3.8, 4) is 5.75 Å². The highest BCUT2D eigenvalue weighted by atomic mass is 16.6. The standard InChI is InChI=1S/C16H20N2O5/c1-23-15-6-11-8-17(12-4-2-10(9-19)3-5-12)16(20)13(11)7-14(15)18(21)22/h6-7,10,12,19H,2-5,8-9H2,1H3. The topological polar surface area (TPSA) is 92.9 Å². The van der Waals surface area contributed by atoms with Gasteiger partial charge in [-0.2, -0.15) is 0 Å². The third-order valence-corrected chi connectivity index (χ3v) is 4.95. The molecule has 23 heavy (non-hydrogen) atoms. The summed E-state index contributed by atoms with van der Waals surface area (Å²) >= 11 is 0. The second kappa shape index (κ2) is 6.16. The third kappa shape index (κ3) is 2.76. The van der Waals surface area contributed by atoms with Crippen LogP contribution in [0.15, 0.2) is 12.1 Å². The number of ether oxygens (including phenoxy) is 1. The molecule has 0 saturated heterocycles. The van der Waals surface area contributed by atoms with Crippen molar-refractivity contribution in [1.82, 2.24) is 4.90 Å². The van der Waals surface area contributed by atoms with Crippen LogP contribution in [0.25, 0.3) is 0 Å². The van der Waals surface area contributed by atoms with Crippen LogP contribution in [0, 0.1) is 16.0 Å². The van der Waals surface area contributed by atoms with E-state index in [1.165, 1.54) is 13.2 Å². The lowest BCUT2D eigenvalue weighted by Crippen LogP contribution is -2.38. The van der Waals surface area contributed by atoms with Gasteiger partial charge in [-0.15, -0.1) is 0 Å². The Labute approximate surface area is 134 Å². The molecule has 0 aromatic heterocycles. The molecule has 1 N–H and O–H groups in total. The molecule has 7 nitrogen and oxygen atoms in total. The van der Waals surface area contributed by atoms with Crippen LogP contribution in [0.2, 0.25) is 0 Å². The van der Waals surface area contributed by atoms with Crippen LogP contribution in [0.4, 0.5) is 5.69 Å². The Morgan fingerprint density at radius 1 is 1.35 bits per heavy atom. The third-order valence-electron chi connectivity index (χ3n) is 4.95. The van der Waals surface area contributed by atoms with E-state index in [4.69, 9.17) is 4.74 Å². The summed E-state index contributed by atoms with van der Waals surface area (Å²) in [5.74, 6) is 0.373. The van der Waals surface area contributed by atoms with E-state index in [1.54, 1.807) is 11.0 Å². The Bertz CT molecular complexity index is 638. The van der Waals surface area contributed by atoms with Gasteiger partial charge in [0.1, 0.15) is 0 Å². The van der Waals surface area contributed by atoms with Crippen LogP contribution in [0.5, 0.6) is 5.75 Å². The Morgan fingerprint density at radius 3 is 2.61 bits per heavy atom. The van der Waals surface area contributed by atoms with Gasteiger partial charge < -0.3 is 14.7 Å². The number of carbonyl (C=O) groups excluding carboxylic acids is 1. The van der Waals surface area contributed by atoms with E-state index in [9.17, 15) is 20.0 Å². The molecule has 0 radical (unpaired) electrons. The Kier molecular flexibility index (Phi) is 4.21. The first-order chi connectivity index (χ1) is 11.0. The molecular formula is C16H20N2O5. The number of amides is 1. The van der Waals surface area contributed by atoms with Crippen LogP contribution >= 0.6 is 0 Å². The lowest BCUT2D eigenvalue weighted by atomic mass is 9.86. The Morgan fingerprint density at radius 2 is 2.04 bits per heavy atom. The molecule has 7 heteroatoms. The lowest BCUT2D eigenvalue weighted by molar-refractivity contribution is -0.385. The average Bonchev–Trinajstić information content (AvgIpc) is 2.89. The van der Waals surface area contributed by atoms with Crippen LogP contribution in [-0.4, -0.2) is 40.6 Å². The minimum absolute atomic E-state index is 0.141. The molecule has 0 unspecified atom stereocenters. The minimum atomic E-state index is -0.526. The van der Waals surface area contributed by atoms with Crippen molar-refractivity contribution in [2.75, 3.05) is 13.7 Å². The maximum atomic E-state index is 12.6. The summed E-state index contributed by atoms with van der Waals surface area (Å²) in [5.41, 5.74) is 1.01. The second-order valence-electron chi connectivity index (χ2n) is 6.23. The summed E-state index contributed by atoms with van der Waals surface area (Å²) in [5, 5.41) is 20.3. The van der Waals surface area contributed by atoms with E-state index in [1.807, 2.05) is 0 Å². The highest BCUT2D eigenvalue weighted by molar-refractivity contribution is 5.99. The van der Waals surface area contributed by atoms with Crippen LogP contribution in [-0.2, 0) is 6.54 Å². The summed E-state index contributed by atoms with van der Waals surface area (Å²) < 4.78 is 5.08. The highest BCUT2D eigenvalue weighted by Crippen LogP contribution is 2.37. The van der Waals surface area contributed by atoms with Gasteiger partial charge in [0.05, 0.1) is 17.6 Å². The molecule has 124 valence electrons. The van der Waals surface area contributed by atoms with Crippen molar-refractivity contribution in [3.63, 3.8) is 0 Å². The second-order valence-corrected chi connectivity index (χ2v) is 6.23. The van der Waals surface area contributed by atoms with Crippen molar-refractivity contribution >= 4 is 11.6 Å². The minimum Gasteiger partial charge on any atom is -0.490 e. The molecule has 0 bridgehead atoms. The van der Waals surface area contributed by atoms with Gasteiger partial charge in [0.2, 0.25) is 0 Å². The van der Waals surface area contributed by atoms with Gasteiger partial charge >= 0.3 is 5.69 Å². The van der Waals surface area contributed by atoms with Gasteiger partial charge in [0, 0.05) is 25.3 Å². The van der Waals surface area contributed by atoms with E-state index in [-0.39, 0.29) is 30.0 Å². The van der Waals surface area contributed by atoms with E-state index in [2.05, 4.69) is 0 Å². The summed E-state index contributed by atoms with van der Waals surface area (Å²) in [6.07, 6.45) is 3.55. The molecule has 1 aromatic rings. The molecule has 1 aliphatic heterocycles. The number of aliphatic hydroxyl groups is 1. The van der Waals surface area contributed by atoms with Crippen molar-refractivity contribution in [1.29, 1.82) is 0 Å². The van der Waals surface area contributed by atoms with Gasteiger partial charge in [-0.05, 0) is 43.2 Å². The molecule has 1 aromatic carbocycles. The fourth-order valence-electron chi connectivity index (χ4n) is 3.59. The molecule has 2 aliphatic rings. The van der Waals surface area contributed by atoms with Gasteiger partial charge in [-0.3, -0.25) is 14.9 Å².